The number of nitrogens with zero attached hydrogens (tertiary/aromatic N) is 1. The molecule has 0 aromatic rings. The number of amides is 3. The Kier molecular flexibility index (Phi) is 7.16. The van der Waals surface area contributed by atoms with E-state index in [0.717, 1.165) is 45.2 Å². The fraction of sp³-hybridized carbons (Fsp3) is 0.882. The third kappa shape index (κ3) is 5.95. The second-order valence-electron chi connectivity index (χ2n) is 6.93. The summed E-state index contributed by atoms with van der Waals surface area (Å²) in [5.41, 5.74) is 0. The van der Waals surface area contributed by atoms with Gasteiger partial charge in [-0.05, 0) is 44.7 Å². The van der Waals surface area contributed by atoms with Gasteiger partial charge in [0.15, 0.2) is 0 Å². The van der Waals surface area contributed by atoms with Gasteiger partial charge in [0.2, 0.25) is 5.91 Å². The Balaban J connectivity index is 1.69. The number of imide groups is 1. The summed E-state index contributed by atoms with van der Waals surface area (Å²) in [6, 6.07) is -0.112. The van der Waals surface area contributed by atoms with Crippen LogP contribution in [0.15, 0.2) is 0 Å². The van der Waals surface area contributed by atoms with Gasteiger partial charge in [-0.3, -0.25) is 15.0 Å². The first-order chi connectivity index (χ1) is 10.6. The molecule has 1 aliphatic heterocycles. The molecule has 2 unspecified atom stereocenters. The Morgan fingerprint density at radius 2 is 1.59 bits per heavy atom. The molecule has 5 heteroatoms. The van der Waals surface area contributed by atoms with E-state index < -0.39 is 0 Å². The zero-order valence-electron chi connectivity index (χ0n) is 13.9. The van der Waals surface area contributed by atoms with Gasteiger partial charge in [0.25, 0.3) is 0 Å². The molecule has 126 valence electrons. The van der Waals surface area contributed by atoms with Gasteiger partial charge in [-0.1, -0.05) is 39.0 Å². The fourth-order valence-electron chi connectivity index (χ4n) is 3.58. The van der Waals surface area contributed by atoms with E-state index in [1.165, 1.54) is 25.7 Å². The highest BCUT2D eigenvalue weighted by Gasteiger charge is 2.23. The summed E-state index contributed by atoms with van der Waals surface area (Å²) in [6.45, 7) is 4.45. The summed E-state index contributed by atoms with van der Waals surface area (Å²) in [7, 11) is 0. The zero-order chi connectivity index (χ0) is 15.8. The predicted octanol–water partition coefficient (Wildman–Crippen LogP) is 2.66. The van der Waals surface area contributed by atoms with E-state index in [9.17, 15) is 9.59 Å². The lowest BCUT2D eigenvalue weighted by atomic mass is 9.86. The molecule has 1 heterocycles. The van der Waals surface area contributed by atoms with Crippen LogP contribution in [-0.4, -0.2) is 42.5 Å². The second-order valence-corrected chi connectivity index (χ2v) is 6.93. The Hall–Kier alpha value is -1.10. The maximum atomic E-state index is 12.0. The van der Waals surface area contributed by atoms with Crippen molar-refractivity contribution in [3.05, 3.63) is 0 Å². The number of urea groups is 1. The molecular weight excluding hydrogens is 278 g/mol. The van der Waals surface area contributed by atoms with Crippen LogP contribution in [-0.2, 0) is 4.79 Å². The van der Waals surface area contributed by atoms with Gasteiger partial charge >= 0.3 is 6.03 Å². The third-order valence-corrected chi connectivity index (χ3v) is 5.00. The predicted molar refractivity (Wildman–Crippen MR) is 87.6 cm³/mol. The summed E-state index contributed by atoms with van der Waals surface area (Å²) in [5.74, 6) is 0.325. The standard InChI is InChI=1S/C17H31N3O2/c1-14-9-5-6-10-15(14)18-17(22)19-16(21)13-20-11-7-3-2-4-8-12-20/h14-15H,2-13H2,1H3,(H2,18,19,21,22). The van der Waals surface area contributed by atoms with E-state index in [4.69, 9.17) is 0 Å². The number of hydrogen-bond donors (Lipinski definition) is 2. The Labute approximate surface area is 134 Å². The molecule has 22 heavy (non-hydrogen) atoms. The highest BCUT2D eigenvalue weighted by Crippen LogP contribution is 2.23. The molecule has 2 N–H and O–H groups in total. The van der Waals surface area contributed by atoms with Crippen LogP contribution in [0.4, 0.5) is 4.79 Å². The fourth-order valence-corrected chi connectivity index (χ4v) is 3.58. The maximum Gasteiger partial charge on any atom is 0.321 e. The van der Waals surface area contributed by atoms with Crippen LogP contribution in [0.25, 0.3) is 0 Å². The van der Waals surface area contributed by atoms with E-state index in [1.54, 1.807) is 0 Å². The monoisotopic (exact) mass is 309 g/mol. The molecule has 0 aromatic carbocycles. The summed E-state index contributed by atoms with van der Waals surface area (Å²) >= 11 is 0. The molecule has 2 atom stereocenters. The smallest absolute Gasteiger partial charge is 0.321 e. The van der Waals surface area contributed by atoms with Gasteiger partial charge in [0, 0.05) is 6.04 Å². The largest absolute Gasteiger partial charge is 0.335 e. The first-order valence-electron chi connectivity index (χ1n) is 8.98. The third-order valence-electron chi connectivity index (χ3n) is 5.00. The molecule has 0 radical (unpaired) electrons. The molecule has 2 rings (SSSR count). The molecule has 2 aliphatic rings. The molecule has 3 amide bonds. The number of hydrogen-bond acceptors (Lipinski definition) is 3. The van der Waals surface area contributed by atoms with Crippen molar-refractivity contribution in [2.45, 2.75) is 70.8 Å². The molecular formula is C17H31N3O2. The van der Waals surface area contributed by atoms with Gasteiger partial charge in [-0.15, -0.1) is 0 Å². The molecule has 0 bridgehead atoms. The minimum absolute atomic E-state index is 0.179. The molecule has 5 nitrogen and oxygen atoms in total. The van der Waals surface area contributed by atoms with Crippen molar-refractivity contribution in [3.63, 3.8) is 0 Å². The lowest BCUT2D eigenvalue weighted by Gasteiger charge is -2.29. The van der Waals surface area contributed by atoms with Crippen LogP contribution in [0, 0.1) is 5.92 Å². The van der Waals surface area contributed by atoms with Crippen molar-refractivity contribution in [2.24, 2.45) is 5.92 Å². The van der Waals surface area contributed by atoms with E-state index in [0.29, 0.717) is 12.5 Å². The van der Waals surface area contributed by atoms with Crippen LogP contribution >= 0.6 is 0 Å². The summed E-state index contributed by atoms with van der Waals surface area (Å²) < 4.78 is 0. The molecule has 1 saturated carbocycles. The average molecular weight is 309 g/mol. The average Bonchev–Trinajstić information content (AvgIpc) is 2.44. The van der Waals surface area contributed by atoms with Gasteiger partial charge in [0.1, 0.15) is 0 Å². The lowest BCUT2D eigenvalue weighted by Crippen LogP contribution is -2.50. The number of rotatable bonds is 3. The summed E-state index contributed by atoms with van der Waals surface area (Å²) in [4.78, 5) is 26.2. The van der Waals surface area contributed by atoms with Gasteiger partial charge < -0.3 is 5.32 Å². The highest BCUT2D eigenvalue weighted by molar-refractivity contribution is 5.95. The van der Waals surface area contributed by atoms with Crippen LogP contribution in [0.2, 0.25) is 0 Å². The number of carbonyl (C=O) groups is 2. The van der Waals surface area contributed by atoms with E-state index in [2.05, 4.69) is 22.5 Å². The van der Waals surface area contributed by atoms with E-state index >= 15 is 0 Å². The second kappa shape index (κ2) is 9.13. The van der Waals surface area contributed by atoms with Gasteiger partial charge in [-0.25, -0.2) is 4.79 Å². The Morgan fingerprint density at radius 1 is 0.955 bits per heavy atom. The van der Waals surface area contributed by atoms with Crippen LogP contribution in [0.3, 0.4) is 0 Å². The Morgan fingerprint density at radius 3 is 2.27 bits per heavy atom. The molecule has 0 spiro atoms. The summed E-state index contributed by atoms with van der Waals surface area (Å²) in [6.07, 6.45) is 10.7. The highest BCUT2D eigenvalue weighted by atomic mass is 16.2. The van der Waals surface area contributed by atoms with Crippen molar-refractivity contribution in [1.29, 1.82) is 0 Å². The SMILES string of the molecule is CC1CCCCC1NC(=O)NC(=O)CN1CCCCCCC1. The topological polar surface area (TPSA) is 61.4 Å². The maximum absolute atomic E-state index is 12.0. The molecule has 2 fully saturated rings. The molecule has 1 aliphatic carbocycles. The minimum Gasteiger partial charge on any atom is -0.335 e. The van der Waals surface area contributed by atoms with Crippen molar-refractivity contribution in [1.82, 2.24) is 15.5 Å². The van der Waals surface area contributed by atoms with E-state index in [-0.39, 0.29) is 18.0 Å². The minimum atomic E-state index is -0.323. The van der Waals surface area contributed by atoms with Crippen molar-refractivity contribution >= 4 is 11.9 Å². The lowest BCUT2D eigenvalue weighted by molar-refractivity contribution is -0.121. The van der Waals surface area contributed by atoms with Crippen molar-refractivity contribution < 1.29 is 9.59 Å². The molecule has 0 aromatic heterocycles. The van der Waals surface area contributed by atoms with Crippen molar-refractivity contribution in [2.75, 3.05) is 19.6 Å². The van der Waals surface area contributed by atoms with Gasteiger partial charge in [-0.2, -0.15) is 0 Å². The Bertz CT molecular complexity index is 365. The van der Waals surface area contributed by atoms with Crippen LogP contribution in [0.5, 0.6) is 0 Å². The number of carbonyl (C=O) groups excluding carboxylic acids is 2. The van der Waals surface area contributed by atoms with Crippen LogP contribution < -0.4 is 10.6 Å². The molecule has 1 saturated heterocycles. The first-order valence-corrected chi connectivity index (χ1v) is 8.98. The number of likely N-dealkylation sites (tertiary alicyclic amines) is 1. The van der Waals surface area contributed by atoms with Gasteiger partial charge in [0.05, 0.1) is 6.54 Å². The zero-order valence-corrected chi connectivity index (χ0v) is 13.9. The van der Waals surface area contributed by atoms with Crippen molar-refractivity contribution in [3.8, 4) is 0 Å². The normalized spacial score (nSPS) is 27.5. The van der Waals surface area contributed by atoms with E-state index in [1.807, 2.05) is 0 Å². The summed E-state index contributed by atoms with van der Waals surface area (Å²) in [5, 5.41) is 5.47. The van der Waals surface area contributed by atoms with Crippen LogP contribution in [0.1, 0.15) is 64.7 Å². The number of nitrogens with one attached hydrogen (secondary N) is 2. The first kappa shape index (κ1) is 17.3. The quantitative estimate of drug-likeness (QED) is 0.842.